The molecule has 4 nitrogen and oxygen atoms in total. The van der Waals surface area contributed by atoms with Gasteiger partial charge in [-0.15, -0.1) is 0 Å². The van der Waals surface area contributed by atoms with Crippen LogP contribution in [0.5, 0.6) is 0 Å². The fraction of sp³-hybridized carbons (Fsp3) is 1.00. The molecule has 0 amide bonds. The molecule has 4 heteroatoms. The summed E-state index contributed by atoms with van der Waals surface area (Å²) >= 11 is 0. The lowest BCUT2D eigenvalue weighted by Crippen LogP contribution is -2.50. The number of aliphatic hydroxyl groups excluding tert-OH is 1. The van der Waals surface area contributed by atoms with Crippen LogP contribution in [0.25, 0.3) is 0 Å². The number of hydrogen-bond acceptors (Lipinski definition) is 4. The van der Waals surface area contributed by atoms with Crippen LogP contribution in [0.3, 0.4) is 0 Å². The van der Waals surface area contributed by atoms with Gasteiger partial charge in [0.05, 0.1) is 12.2 Å². The number of rotatable bonds is 4. The molecule has 2 atom stereocenters. The molecule has 116 valence electrons. The predicted molar refractivity (Wildman–Crippen MR) is 77.7 cm³/mol. The topological polar surface area (TPSA) is 50.7 Å². The van der Waals surface area contributed by atoms with Crippen LogP contribution in [-0.2, 0) is 9.47 Å². The summed E-state index contributed by atoms with van der Waals surface area (Å²) < 4.78 is 11.5. The van der Waals surface area contributed by atoms with Crippen LogP contribution in [0.15, 0.2) is 0 Å². The predicted octanol–water partition coefficient (Wildman–Crippen LogP) is 1.86. The van der Waals surface area contributed by atoms with Crippen molar-refractivity contribution >= 4 is 0 Å². The first kappa shape index (κ1) is 14.8. The van der Waals surface area contributed by atoms with E-state index in [0.717, 1.165) is 45.6 Å². The summed E-state index contributed by atoms with van der Waals surface area (Å²) in [5, 5.41) is 13.5. The zero-order chi connectivity index (χ0) is 13.9. The molecular weight excluding hydrogens is 254 g/mol. The molecule has 20 heavy (non-hydrogen) atoms. The van der Waals surface area contributed by atoms with E-state index in [1.165, 1.54) is 32.1 Å². The lowest BCUT2D eigenvalue weighted by Gasteiger charge is -2.41. The van der Waals surface area contributed by atoms with Crippen molar-refractivity contribution < 1.29 is 14.6 Å². The minimum absolute atomic E-state index is 0.0190. The van der Waals surface area contributed by atoms with Gasteiger partial charge in [0.25, 0.3) is 0 Å². The van der Waals surface area contributed by atoms with Crippen LogP contribution in [0, 0.1) is 5.41 Å². The second-order valence-corrected chi connectivity index (χ2v) is 7.12. The second-order valence-electron chi connectivity index (χ2n) is 7.12. The maximum Gasteiger partial charge on any atom is 0.0951 e. The molecule has 2 saturated heterocycles. The molecule has 0 aromatic carbocycles. The Kier molecular flexibility index (Phi) is 4.65. The van der Waals surface area contributed by atoms with Gasteiger partial charge in [-0.05, 0) is 25.7 Å². The van der Waals surface area contributed by atoms with Crippen molar-refractivity contribution in [3.8, 4) is 0 Å². The summed E-state index contributed by atoms with van der Waals surface area (Å²) in [6, 6.07) is 0.524. The molecule has 1 saturated carbocycles. The van der Waals surface area contributed by atoms with Crippen molar-refractivity contribution in [2.24, 2.45) is 5.41 Å². The molecule has 1 spiro atoms. The Bertz CT molecular complexity index is 309. The van der Waals surface area contributed by atoms with E-state index in [9.17, 15) is 5.11 Å². The van der Waals surface area contributed by atoms with E-state index in [1.54, 1.807) is 0 Å². The molecule has 1 aliphatic carbocycles. The van der Waals surface area contributed by atoms with Gasteiger partial charge in [0.1, 0.15) is 0 Å². The van der Waals surface area contributed by atoms with Crippen molar-refractivity contribution in [3.05, 3.63) is 0 Å². The van der Waals surface area contributed by atoms with Gasteiger partial charge in [-0.1, -0.05) is 19.3 Å². The van der Waals surface area contributed by atoms with E-state index in [-0.39, 0.29) is 11.0 Å². The van der Waals surface area contributed by atoms with Crippen molar-refractivity contribution in [2.75, 3.05) is 33.0 Å². The first-order valence-corrected chi connectivity index (χ1v) is 8.32. The maximum atomic E-state index is 9.79. The highest BCUT2D eigenvalue weighted by molar-refractivity contribution is 4.94. The summed E-state index contributed by atoms with van der Waals surface area (Å²) in [5.41, 5.74) is 0.116. The highest BCUT2D eigenvalue weighted by atomic mass is 16.6. The third kappa shape index (κ3) is 3.19. The van der Waals surface area contributed by atoms with Gasteiger partial charge in [0.15, 0.2) is 0 Å². The van der Waals surface area contributed by atoms with Gasteiger partial charge < -0.3 is 19.9 Å². The highest BCUT2D eigenvalue weighted by Gasteiger charge is 2.41. The third-order valence-corrected chi connectivity index (χ3v) is 5.58. The summed E-state index contributed by atoms with van der Waals surface area (Å²) in [4.78, 5) is 0. The monoisotopic (exact) mass is 283 g/mol. The summed E-state index contributed by atoms with van der Waals surface area (Å²) in [5.74, 6) is 0. The SMILES string of the molecule is OCC1(CNC2CCOC3(CCOC3)C2)CCCCC1. The van der Waals surface area contributed by atoms with Crippen LogP contribution in [0.2, 0.25) is 0 Å². The lowest BCUT2D eigenvalue weighted by molar-refractivity contribution is -0.0907. The Morgan fingerprint density at radius 3 is 2.65 bits per heavy atom. The summed E-state index contributed by atoms with van der Waals surface area (Å²) in [6.07, 6.45) is 9.41. The molecule has 2 heterocycles. The van der Waals surface area contributed by atoms with Crippen LogP contribution in [0.1, 0.15) is 51.4 Å². The summed E-state index contributed by atoms with van der Waals surface area (Å²) in [7, 11) is 0. The standard InChI is InChI=1S/C16H29NO3/c18-12-15(5-2-1-3-6-15)11-17-14-4-8-20-16(10-14)7-9-19-13-16/h14,17-18H,1-13H2. The van der Waals surface area contributed by atoms with E-state index in [4.69, 9.17) is 9.47 Å². The average Bonchev–Trinajstić information content (AvgIpc) is 2.94. The Morgan fingerprint density at radius 1 is 1.10 bits per heavy atom. The van der Waals surface area contributed by atoms with Crippen LogP contribution < -0.4 is 5.32 Å². The fourth-order valence-corrected chi connectivity index (χ4v) is 4.12. The van der Waals surface area contributed by atoms with Crippen LogP contribution in [-0.4, -0.2) is 49.7 Å². The van der Waals surface area contributed by atoms with Crippen molar-refractivity contribution in [1.29, 1.82) is 0 Å². The van der Waals surface area contributed by atoms with Gasteiger partial charge >= 0.3 is 0 Å². The molecular formula is C16H29NO3. The first-order valence-electron chi connectivity index (χ1n) is 8.32. The van der Waals surface area contributed by atoms with Crippen LogP contribution >= 0.6 is 0 Å². The van der Waals surface area contributed by atoms with E-state index >= 15 is 0 Å². The lowest BCUT2D eigenvalue weighted by atomic mass is 9.74. The number of aliphatic hydroxyl groups is 1. The van der Waals surface area contributed by atoms with Gasteiger partial charge in [-0.2, -0.15) is 0 Å². The molecule has 2 unspecified atom stereocenters. The Morgan fingerprint density at radius 2 is 1.95 bits per heavy atom. The van der Waals surface area contributed by atoms with Gasteiger partial charge in [-0.3, -0.25) is 0 Å². The van der Waals surface area contributed by atoms with Crippen molar-refractivity contribution in [3.63, 3.8) is 0 Å². The van der Waals surface area contributed by atoms with E-state index in [0.29, 0.717) is 12.6 Å². The zero-order valence-corrected chi connectivity index (χ0v) is 12.5. The third-order valence-electron chi connectivity index (χ3n) is 5.58. The van der Waals surface area contributed by atoms with E-state index < -0.39 is 0 Å². The molecule has 2 N–H and O–H groups in total. The molecule has 0 aromatic heterocycles. The quantitative estimate of drug-likeness (QED) is 0.827. The molecule has 2 aliphatic heterocycles. The average molecular weight is 283 g/mol. The van der Waals surface area contributed by atoms with Gasteiger partial charge in [-0.25, -0.2) is 0 Å². The van der Waals surface area contributed by atoms with Gasteiger partial charge in [0, 0.05) is 44.2 Å². The molecule has 3 fully saturated rings. The van der Waals surface area contributed by atoms with Crippen LogP contribution in [0.4, 0.5) is 0 Å². The first-order chi connectivity index (χ1) is 9.76. The molecule has 3 aliphatic rings. The highest BCUT2D eigenvalue weighted by Crippen LogP contribution is 2.37. The number of nitrogens with one attached hydrogen (secondary N) is 1. The Labute approximate surface area is 122 Å². The van der Waals surface area contributed by atoms with Crippen molar-refractivity contribution in [1.82, 2.24) is 5.32 Å². The van der Waals surface area contributed by atoms with Crippen molar-refractivity contribution in [2.45, 2.75) is 63.0 Å². The zero-order valence-electron chi connectivity index (χ0n) is 12.5. The fourth-order valence-electron chi connectivity index (χ4n) is 4.12. The maximum absolute atomic E-state index is 9.79. The minimum atomic E-state index is -0.0190. The molecule has 0 aromatic rings. The molecule has 0 radical (unpaired) electrons. The van der Waals surface area contributed by atoms with E-state index in [1.807, 2.05) is 0 Å². The summed E-state index contributed by atoms with van der Waals surface area (Å²) in [6.45, 7) is 3.74. The molecule has 3 rings (SSSR count). The second kappa shape index (κ2) is 6.30. The van der Waals surface area contributed by atoms with Gasteiger partial charge in [0.2, 0.25) is 0 Å². The Balaban J connectivity index is 1.52. The minimum Gasteiger partial charge on any atom is -0.396 e. The van der Waals surface area contributed by atoms with E-state index in [2.05, 4.69) is 5.32 Å². The number of hydrogen-bond donors (Lipinski definition) is 2. The largest absolute Gasteiger partial charge is 0.396 e. The number of ether oxygens (including phenoxy) is 2. The molecule has 0 bridgehead atoms. The normalized spacial score (nSPS) is 37.4. The Hall–Kier alpha value is -0.160. The smallest absolute Gasteiger partial charge is 0.0951 e.